The van der Waals surface area contributed by atoms with Crippen LogP contribution in [0.5, 0.6) is 0 Å². The van der Waals surface area contributed by atoms with Gasteiger partial charge < -0.3 is 5.11 Å². The quantitative estimate of drug-likeness (QED) is 0.557. The van der Waals surface area contributed by atoms with Crippen molar-refractivity contribution in [2.24, 2.45) is 0 Å². The van der Waals surface area contributed by atoms with Gasteiger partial charge in [-0.1, -0.05) is 0 Å². The predicted molar refractivity (Wildman–Crippen MR) is 27.8 cm³/mol. The minimum Gasteiger partial charge on any atom is -0.476 e. The van der Waals surface area contributed by atoms with Crippen LogP contribution in [0.15, 0.2) is 11.4 Å². The first-order chi connectivity index (χ1) is 5.68. The van der Waals surface area contributed by atoms with Gasteiger partial charge in [-0.25, -0.2) is 13.6 Å². The van der Waals surface area contributed by atoms with Crippen LogP contribution < -0.4 is 0 Å². The predicted octanol–water partition coefficient (Wildman–Crippen LogP) is 2.12. The second kappa shape index (κ2) is 3.67. The fourth-order valence-corrected chi connectivity index (χ4v) is 0.459. The summed E-state index contributed by atoms with van der Waals surface area (Å²) in [5.74, 6) is -5.56. The Labute approximate surface area is 67.5 Å². The molecule has 8 heteroatoms. The summed E-state index contributed by atoms with van der Waals surface area (Å²) in [5.41, 5.74) is -2.97. The maximum absolute atomic E-state index is 12.0. The van der Waals surface area contributed by atoms with E-state index in [0.717, 1.165) is 0 Å². The maximum atomic E-state index is 12.0. The molecule has 76 valence electrons. The van der Waals surface area contributed by atoms with E-state index in [1.54, 1.807) is 0 Å². The minimum absolute atomic E-state index is 2.67. The number of hydrogen-bond acceptors (Lipinski definition) is 1. The average molecular weight is 208 g/mol. The molecule has 0 saturated heterocycles. The summed E-state index contributed by atoms with van der Waals surface area (Å²) in [6.45, 7) is 0. The molecule has 0 fully saturated rings. The number of alkyl halides is 5. The van der Waals surface area contributed by atoms with Crippen LogP contribution in [0.3, 0.4) is 0 Å². The number of carboxylic acids is 1. The lowest BCUT2D eigenvalue weighted by Gasteiger charge is -2.09. The van der Waals surface area contributed by atoms with Gasteiger partial charge >= 0.3 is 12.1 Å². The second-order valence-corrected chi connectivity index (χ2v) is 1.83. The molecule has 2 nitrogen and oxygen atoms in total. The first-order valence-corrected chi connectivity index (χ1v) is 2.66. The smallest absolute Gasteiger partial charge is 0.421 e. The third kappa shape index (κ3) is 2.96. The van der Waals surface area contributed by atoms with Gasteiger partial charge in [0, 0.05) is 0 Å². The normalized spacial score (nSPS) is 14.4. The van der Waals surface area contributed by atoms with E-state index < -0.39 is 30.0 Å². The van der Waals surface area contributed by atoms with Crippen LogP contribution in [0.2, 0.25) is 0 Å². The van der Waals surface area contributed by atoms with Crippen molar-refractivity contribution in [3.05, 3.63) is 11.4 Å². The van der Waals surface area contributed by atoms with E-state index in [1.165, 1.54) is 0 Å². The molecular weight excluding hydrogens is 206 g/mol. The van der Waals surface area contributed by atoms with E-state index in [2.05, 4.69) is 0 Å². The van der Waals surface area contributed by atoms with Gasteiger partial charge in [0.2, 0.25) is 5.83 Å². The summed E-state index contributed by atoms with van der Waals surface area (Å²) in [7, 11) is 0. The third-order valence-corrected chi connectivity index (χ3v) is 0.948. The second-order valence-electron chi connectivity index (χ2n) is 1.83. The zero-order chi connectivity index (χ0) is 10.8. The Morgan fingerprint density at radius 2 is 1.62 bits per heavy atom. The number of allylic oxidation sites excluding steroid dienone is 1. The number of hydrogen-bond donors (Lipinski definition) is 1. The maximum Gasteiger partial charge on any atom is 0.421 e. The van der Waals surface area contributed by atoms with E-state index in [0.29, 0.717) is 0 Å². The highest BCUT2D eigenvalue weighted by Gasteiger charge is 2.44. The van der Waals surface area contributed by atoms with Crippen molar-refractivity contribution in [1.82, 2.24) is 0 Å². The fraction of sp³-hybridized carbons (Fsp3) is 0.400. The van der Waals surface area contributed by atoms with E-state index in [9.17, 15) is 31.1 Å². The van der Waals surface area contributed by atoms with Crippen LogP contribution in [0.25, 0.3) is 0 Å². The van der Waals surface area contributed by atoms with Gasteiger partial charge in [0.15, 0.2) is 0 Å². The Hall–Kier alpha value is -1.21. The Morgan fingerprint density at radius 3 is 1.69 bits per heavy atom. The Balaban J connectivity index is 5.26. The van der Waals surface area contributed by atoms with Crippen molar-refractivity contribution in [3.63, 3.8) is 0 Å². The van der Waals surface area contributed by atoms with Gasteiger partial charge in [0.05, 0.1) is 0 Å². The number of carbonyl (C=O) groups is 1. The van der Waals surface area contributed by atoms with Crippen molar-refractivity contribution in [2.75, 3.05) is 0 Å². The highest BCUT2D eigenvalue weighted by molar-refractivity contribution is 5.85. The highest BCUT2D eigenvalue weighted by Crippen LogP contribution is 2.33. The van der Waals surface area contributed by atoms with Crippen LogP contribution in [0.4, 0.5) is 26.3 Å². The molecular formula is C5H2F6O2. The lowest BCUT2D eigenvalue weighted by Crippen LogP contribution is -2.22. The summed E-state index contributed by atoms with van der Waals surface area (Å²) in [6.07, 6.45) is -9.90. The van der Waals surface area contributed by atoms with Gasteiger partial charge in [-0.3, -0.25) is 0 Å². The highest BCUT2D eigenvalue weighted by atomic mass is 19.4. The van der Waals surface area contributed by atoms with Gasteiger partial charge in [-0.15, -0.1) is 0 Å². The lowest BCUT2D eigenvalue weighted by molar-refractivity contribution is -0.138. The molecule has 0 heterocycles. The molecule has 0 saturated carbocycles. The Morgan fingerprint density at radius 1 is 1.23 bits per heavy atom. The first kappa shape index (κ1) is 11.8. The summed E-state index contributed by atoms with van der Waals surface area (Å²) in [5, 5.41) is 7.70. The molecule has 0 aliphatic heterocycles. The standard InChI is InChI=1S/C5H2F6O2/c6-2(4(12)13)1(3(7)8)5(9,10)11/h3H,(H,12,13)/b2-1+. The van der Waals surface area contributed by atoms with E-state index >= 15 is 0 Å². The lowest BCUT2D eigenvalue weighted by atomic mass is 10.2. The molecule has 0 aliphatic carbocycles. The molecule has 0 aromatic heterocycles. The molecule has 1 N–H and O–H groups in total. The molecule has 0 aromatic rings. The summed E-state index contributed by atoms with van der Waals surface area (Å²) < 4.78 is 69.7. The zero-order valence-corrected chi connectivity index (χ0v) is 5.70. The summed E-state index contributed by atoms with van der Waals surface area (Å²) in [6, 6.07) is 0. The summed E-state index contributed by atoms with van der Waals surface area (Å²) >= 11 is 0. The monoisotopic (exact) mass is 208 g/mol. The number of rotatable bonds is 2. The van der Waals surface area contributed by atoms with Gasteiger partial charge in [0.25, 0.3) is 6.43 Å². The largest absolute Gasteiger partial charge is 0.476 e. The SMILES string of the molecule is O=C(O)/C(F)=C(/C(F)F)C(F)(F)F. The zero-order valence-electron chi connectivity index (χ0n) is 5.70. The molecule has 0 atom stereocenters. The van der Waals surface area contributed by atoms with Crippen molar-refractivity contribution < 1.29 is 36.2 Å². The third-order valence-electron chi connectivity index (χ3n) is 0.948. The molecule has 0 radical (unpaired) electrons. The molecule has 0 rings (SSSR count). The molecule has 0 aliphatic rings. The van der Waals surface area contributed by atoms with E-state index in [-0.39, 0.29) is 0 Å². The molecule has 13 heavy (non-hydrogen) atoms. The van der Waals surface area contributed by atoms with Crippen molar-refractivity contribution in [1.29, 1.82) is 0 Å². The van der Waals surface area contributed by atoms with Crippen LogP contribution in [0, 0.1) is 0 Å². The number of carboxylic acid groups (broad SMARTS) is 1. The molecule has 0 aromatic carbocycles. The van der Waals surface area contributed by atoms with Gasteiger partial charge in [0.1, 0.15) is 5.57 Å². The van der Waals surface area contributed by atoms with Crippen molar-refractivity contribution in [2.45, 2.75) is 12.6 Å². The molecule has 0 bridgehead atoms. The molecule has 0 spiro atoms. The fourth-order valence-electron chi connectivity index (χ4n) is 0.459. The van der Waals surface area contributed by atoms with Crippen molar-refractivity contribution in [3.8, 4) is 0 Å². The van der Waals surface area contributed by atoms with Crippen molar-refractivity contribution >= 4 is 5.97 Å². The van der Waals surface area contributed by atoms with E-state index in [4.69, 9.17) is 5.11 Å². The topological polar surface area (TPSA) is 37.3 Å². The van der Waals surface area contributed by atoms with Gasteiger partial charge in [-0.2, -0.15) is 17.6 Å². The van der Waals surface area contributed by atoms with Crippen LogP contribution >= 0.6 is 0 Å². The van der Waals surface area contributed by atoms with E-state index in [1.807, 2.05) is 0 Å². The molecule has 0 unspecified atom stereocenters. The molecule has 0 amide bonds. The number of halogens is 6. The Kier molecular flexibility index (Phi) is 3.33. The van der Waals surface area contributed by atoms with Crippen LogP contribution in [0.1, 0.15) is 0 Å². The summed E-state index contributed by atoms with van der Waals surface area (Å²) in [4.78, 5) is 9.63. The van der Waals surface area contributed by atoms with Gasteiger partial charge in [-0.05, 0) is 0 Å². The average Bonchev–Trinajstić information content (AvgIpc) is 1.82. The number of aliphatic carboxylic acids is 1. The first-order valence-electron chi connectivity index (χ1n) is 2.66. The van der Waals surface area contributed by atoms with Crippen LogP contribution in [-0.2, 0) is 4.79 Å². The Bertz CT molecular complexity index is 240. The minimum atomic E-state index is -5.68. The van der Waals surface area contributed by atoms with Crippen LogP contribution in [-0.4, -0.2) is 23.7 Å².